The van der Waals surface area contributed by atoms with Crippen LogP contribution < -0.4 is 4.74 Å². The van der Waals surface area contributed by atoms with Gasteiger partial charge in [0.1, 0.15) is 5.75 Å². The lowest BCUT2D eigenvalue weighted by Crippen LogP contribution is -2.32. The molecule has 0 saturated heterocycles. The molecule has 0 N–H and O–H groups in total. The van der Waals surface area contributed by atoms with Crippen molar-refractivity contribution in [1.29, 1.82) is 0 Å². The molecular formula is C18H20N2O4. The van der Waals surface area contributed by atoms with E-state index in [4.69, 9.17) is 4.74 Å². The van der Waals surface area contributed by atoms with Crippen molar-refractivity contribution in [2.24, 2.45) is 0 Å². The number of carbonyl (C=O) groups excluding carboxylic acids is 2. The number of methoxy groups -OCH3 is 2. The van der Waals surface area contributed by atoms with Crippen LogP contribution in [0.5, 0.6) is 5.75 Å². The first-order valence-corrected chi connectivity index (χ1v) is 7.53. The van der Waals surface area contributed by atoms with Gasteiger partial charge in [0.15, 0.2) is 0 Å². The minimum atomic E-state index is -0.354. The predicted molar refractivity (Wildman–Crippen MR) is 88.6 cm³/mol. The molecule has 0 radical (unpaired) electrons. The van der Waals surface area contributed by atoms with Gasteiger partial charge in [-0.25, -0.2) is 0 Å². The summed E-state index contributed by atoms with van der Waals surface area (Å²) in [6, 6.07) is 10.6. The molecule has 6 heteroatoms. The number of ether oxygens (including phenoxy) is 2. The topological polar surface area (TPSA) is 68.7 Å². The molecule has 1 aromatic carbocycles. The largest absolute Gasteiger partial charge is 0.497 e. The summed E-state index contributed by atoms with van der Waals surface area (Å²) in [6.07, 6.45) is 3.48. The van der Waals surface area contributed by atoms with E-state index in [0.717, 1.165) is 5.56 Å². The van der Waals surface area contributed by atoms with Gasteiger partial charge in [0.2, 0.25) is 0 Å². The second kappa shape index (κ2) is 8.67. The molecule has 126 valence electrons. The van der Waals surface area contributed by atoms with Crippen LogP contribution in [0.3, 0.4) is 0 Å². The third-order valence-corrected chi connectivity index (χ3v) is 3.54. The number of rotatable bonds is 7. The molecule has 0 spiro atoms. The van der Waals surface area contributed by atoms with Gasteiger partial charge in [-0.2, -0.15) is 0 Å². The summed E-state index contributed by atoms with van der Waals surface area (Å²) in [4.78, 5) is 29.8. The Hall–Kier alpha value is -2.89. The van der Waals surface area contributed by atoms with Crippen LogP contribution in [0.2, 0.25) is 0 Å². The molecule has 2 rings (SSSR count). The van der Waals surface area contributed by atoms with E-state index in [-0.39, 0.29) is 24.8 Å². The maximum absolute atomic E-state index is 12.8. The zero-order valence-corrected chi connectivity index (χ0v) is 13.8. The third kappa shape index (κ3) is 4.81. The Morgan fingerprint density at radius 2 is 1.88 bits per heavy atom. The van der Waals surface area contributed by atoms with Gasteiger partial charge in [0.05, 0.1) is 20.6 Å². The summed E-state index contributed by atoms with van der Waals surface area (Å²) >= 11 is 0. The van der Waals surface area contributed by atoms with Gasteiger partial charge in [-0.1, -0.05) is 6.07 Å². The van der Waals surface area contributed by atoms with E-state index in [1.807, 2.05) is 12.1 Å². The number of carbonyl (C=O) groups is 2. The number of amides is 1. The molecule has 0 bridgehead atoms. The summed E-state index contributed by atoms with van der Waals surface area (Å²) < 4.78 is 9.83. The zero-order valence-electron chi connectivity index (χ0n) is 13.8. The number of nitrogens with zero attached hydrogens (tertiary/aromatic N) is 2. The third-order valence-electron chi connectivity index (χ3n) is 3.54. The molecule has 24 heavy (non-hydrogen) atoms. The fraction of sp³-hybridized carbons (Fsp3) is 0.278. The molecule has 0 fully saturated rings. The van der Waals surface area contributed by atoms with Crippen LogP contribution in [0, 0.1) is 0 Å². The van der Waals surface area contributed by atoms with Gasteiger partial charge >= 0.3 is 5.97 Å². The monoisotopic (exact) mass is 328 g/mol. The van der Waals surface area contributed by atoms with Crippen LogP contribution in [0.15, 0.2) is 48.8 Å². The Labute approximate surface area is 141 Å². The fourth-order valence-corrected chi connectivity index (χ4v) is 2.23. The lowest BCUT2D eigenvalue weighted by atomic mass is 10.1. The lowest BCUT2D eigenvalue weighted by molar-refractivity contribution is -0.140. The molecule has 1 heterocycles. The smallest absolute Gasteiger partial charge is 0.307 e. The summed E-state index contributed by atoms with van der Waals surface area (Å²) in [5.74, 6) is 0.0838. The number of pyridine rings is 1. The molecule has 0 aliphatic heterocycles. The summed E-state index contributed by atoms with van der Waals surface area (Å²) in [7, 11) is 2.88. The maximum atomic E-state index is 12.8. The van der Waals surface area contributed by atoms with Crippen molar-refractivity contribution in [3.8, 4) is 5.75 Å². The average molecular weight is 328 g/mol. The van der Waals surface area contributed by atoms with Crippen molar-refractivity contribution in [2.45, 2.75) is 13.0 Å². The molecule has 6 nitrogen and oxygen atoms in total. The number of hydrogen-bond acceptors (Lipinski definition) is 5. The Bertz CT molecular complexity index is 688. The second-order valence-electron chi connectivity index (χ2n) is 5.14. The average Bonchev–Trinajstić information content (AvgIpc) is 2.65. The molecular weight excluding hydrogens is 308 g/mol. The van der Waals surface area contributed by atoms with Gasteiger partial charge < -0.3 is 14.4 Å². The SMILES string of the molecule is COC(=O)CCN(Cc1ccncc1)C(=O)c1cccc(OC)c1. The highest BCUT2D eigenvalue weighted by Crippen LogP contribution is 2.16. The van der Waals surface area contributed by atoms with Crippen LogP contribution >= 0.6 is 0 Å². The molecule has 0 atom stereocenters. The fourth-order valence-electron chi connectivity index (χ4n) is 2.23. The Kier molecular flexibility index (Phi) is 6.31. The van der Waals surface area contributed by atoms with Gasteiger partial charge in [0, 0.05) is 31.0 Å². The van der Waals surface area contributed by atoms with Gasteiger partial charge in [0.25, 0.3) is 5.91 Å². The maximum Gasteiger partial charge on any atom is 0.307 e. The van der Waals surface area contributed by atoms with E-state index in [9.17, 15) is 9.59 Å². The molecule has 0 aliphatic carbocycles. The van der Waals surface area contributed by atoms with Crippen LogP contribution in [0.1, 0.15) is 22.3 Å². The summed E-state index contributed by atoms with van der Waals surface area (Å²) in [6.45, 7) is 0.653. The first-order chi connectivity index (χ1) is 11.6. The highest BCUT2D eigenvalue weighted by atomic mass is 16.5. The van der Waals surface area contributed by atoms with E-state index in [1.165, 1.54) is 7.11 Å². The standard InChI is InChI=1S/C18H20N2O4/c1-23-16-5-3-4-15(12-16)18(22)20(11-8-17(21)24-2)13-14-6-9-19-10-7-14/h3-7,9-10,12H,8,11,13H2,1-2H3. The van der Waals surface area contributed by atoms with E-state index in [1.54, 1.807) is 48.7 Å². The number of hydrogen-bond donors (Lipinski definition) is 0. The van der Waals surface area contributed by atoms with Gasteiger partial charge in [-0.15, -0.1) is 0 Å². The molecule has 0 saturated carbocycles. The van der Waals surface area contributed by atoms with Crippen molar-refractivity contribution in [1.82, 2.24) is 9.88 Å². The number of esters is 1. The Morgan fingerprint density at radius 1 is 1.12 bits per heavy atom. The quantitative estimate of drug-likeness (QED) is 0.730. The van der Waals surface area contributed by atoms with E-state index < -0.39 is 0 Å². The normalized spacial score (nSPS) is 10.1. The molecule has 1 aromatic heterocycles. The van der Waals surface area contributed by atoms with Crippen molar-refractivity contribution < 1.29 is 19.1 Å². The van der Waals surface area contributed by atoms with E-state index >= 15 is 0 Å². The predicted octanol–water partition coefficient (Wildman–Crippen LogP) is 2.30. The minimum absolute atomic E-state index is 0.136. The summed E-state index contributed by atoms with van der Waals surface area (Å²) in [5, 5.41) is 0. The van der Waals surface area contributed by atoms with Crippen molar-refractivity contribution in [2.75, 3.05) is 20.8 Å². The van der Waals surface area contributed by atoms with Crippen molar-refractivity contribution in [3.05, 3.63) is 59.9 Å². The Balaban J connectivity index is 2.19. The van der Waals surface area contributed by atoms with Crippen LogP contribution in [-0.4, -0.2) is 42.5 Å². The highest BCUT2D eigenvalue weighted by Gasteiger charge is 2.18. The molecule has 1 amide bonds. The van der Waals surface area contributed by atoms with Crippen LogP contribution in [-0.2, 0) is 16.1 Å². The van der Waals surface area contributed by atoms with E-state index in [0.29, 0.717) is 17.9 Å². The van der Waals surface area contributed by atoms with Crippen molar-refractivity contribution in [3.63, 3.8) is 0 Å². The Morgan fingerprint density at radius 3 is 2.54 bits per heavy atom. The van der Waals surface area contributed by atoms with E-state index in [2.05, 4.69) is 9.72 Å². The first kappa shape index (κ1) is 17.5. The highest BCUT2D eigenvalue weighted by molar-refractivity contribution is 5.94. The van der Waals surface area contributed by atoms with Crippen molar-refractivity contribution >= 4 is 11.9 Å². The van der Waals surface area contributed by atoms with Crippen LogP contribution in [0.4, 0.5) is 0 Å². The van der Waals surface area contributed by atoms with Crippen LogP contribution in [0.25, 0.3) is 0 Å². The second-order valence-corrected chi connectivity index (χ2v) is 5.14. The van der Waals surface area contributed by atoms with Gasteiger partial charge in [-0.3, -0.25) is 14.6 Å². The molecule has 0 unspecified atom stereocenters. The minimum Gasteiger partial charge on any atom is -0.497 e. The molecule has 2 aromatic rings. The zero-order chi connectivity index (χ0) is 17.4. The molecule has 0 aliphatic rings. The first-order valence-electron chi connectivity index (χ1n) is 7.53. The summed E-state index contributed by atoms with van der Waals surface area (Å²) in [5.41, 5.74) is 1.44. The number of benzene rings is 1. The van der Waals surface area contributed by atoms with Gasteiger partial charge in [-0.05, 0) is 35.9 Å². The lowest BCUT2D eigenvalue weighted by Gasteiger charge is -2.22. The number of aromatic nitrogens is 1.